The van der Waals surface area contributed by atoms with Gasteiger partial charge in [-0.2, -0.15) is 0 Å². The first kappa shape index (κ1) is 21.9. The molecule has 0 saturated carbocycles. The van der Waals surface area contributed by atoms with E-state index in [-0.39, 0.29) is 10.5 Å². The number of hydrogen-bond donors (Lipinski definition) is 4. The monoisotopic (exact) mass is 461 g/mol. The van der Waals surface area contributed by atoms with Gasteiger partial charge in [-0.25, -0.2) is 9.59 Å². The first-order valence-electron chi connectivity index (χ1n) is 8.34. The van der Waals surface area contributed by atoms with Crippen molar-refractivity contribution in [2.75, 3.05) is 5.73 Å². The molecule has 2 aromatic carbocycles. The number of nitrogens with zero attached hydrogens (tertiary/aromatic N) is 1. The molecule has 0 saturated heterocycles. The van der Waals surface area contributed by atoms with Crippen LogP contribution in [0.2, 0.25) is 5.02 Å². The summed E-state index contributed by atoms with van der Waals surface area (Å²) < 4.78 is 0. The number of hydrogen-bond acceptors (Lipinski definition) is 7. The van der Waals surface area contributed by atoms with E-state index < -0.39 is 50.6 Å². The highest BCUT2D eigenvalue weighted by atomic mass is 35.5. The smallest absolute Gasteiger partial charge is 0.342 e. The normalized spacial score (nSPS) is 10.6. The molecule has 0 radical (unpaired) electrons. The van der Waals surface area contributed by atoms with Gasteiger partial charge in [-0.05, 0) is 35.9 Å². The standard InChI is InChI=1S/C19H12ClN3O7S/c20-9-2-4-10(5-3-9)31-12-6-1-8(7-11(12)23(29)30)13-14(18(25)26)16(21)22-17(24)15(13)19(27)28/h1-7H,(H,25,26)(H,27,28)(H3,21,22,24). The Balaban J connectivity index is 2.25. The highest BCUT2D eigenvalue weighted by molar-refractivity contribution is 7.99. The number of nitrogens with one attached hydrogen (secondary N) is 1. The van der Waals surface area contributed by atoms with Crippen molar-refractivity contribution in [2.45, 2.75) is 9.79 Å². The van der Waals surface area contributed by atoms with Gasteiger partial charge in [-0.1, -0.05) is 29.4 Å². The van der Waals surface area contributed by atoms with E-state index >= 15 is 0 Å². The van der Waals surface area contributed by atoms with Crippen molar-refractivity contribution in [2.24, 2.45) is 0 Å². The van der Waals surface area contributed by atoms with Crippen LogP contribution in [0.1, 0.15) is 20.7 Å². The van der Waals surface area contributed by atoms with Crippen LogP contribution in [0.15, 0.2) is 57.1 Å². The van der Waals surface area contributed by atoms with Gasteiger partial charge in [0.05, 0.1) is 9.82 Å². The molecule has 5 N–H and O–H groups in total. The van der Waals surface area contributed by atoms with Crippen molar-refractivity contribution in [3.8, 4) is 11.1 Å². The van der Waals surface area contributed by atoms with E-state index in [1.54, 1.807) is 24.3 Å². The molecule has 0 unspecified atom stereocenters. The van der Waals surface area contributed by atoms with Crippen LogP contribution in [0, 0.1) is 10.1 Å². The van der Waals surface area contributed by atoms with Crippen LogP contribution in [0.5, 0.6) is 0 Å². The second-order valence-electron chi connectivity index (χ2n) is 6.10. The number of H-pyrrole nitrogens is 1. The van der Waals surface area contributed by atoms with Gasteiger partial charge < -0.3 is 20.9 Å². The number of carboxylic acids is 2. The number of pyridine rings is 1. The summed E-state index contributed by atoms with van der Waals surface area (Å²) in [6.45, 7) is 0. The van der Waals surface area contributed by atoms with E-state index in [4.69, 9.17) is 17.3 Å². The van der Waals surface area contributed by atoms with E-state index in [0.29, 0.717) is 9.92 Å². The molecule has 0 bridgehead atoms. The summed E-state index contributed by atoms with van der Waals surface area (Å²) in [5.41, 5.74) is 1.81. The molecular formula is C19H12ClN3O7S. The van der Waals surface area contributed by atoms with Crippen molar-refractivity contribution >= 4 is 46.8 Å². The van der Waals surface area contributed by atoms with Crippen molar-refractivity contribution in [3.05, 3.63) is 79.1 Å². The molecule has 0 spiro atoms. The van der Waals surface area contributed by atoms with Crippen LogP contribution in [-0.4, -0.2) is 32.1 Å². The number of anilines is 1. The van der Waals surface area contributed by atoms with Crippen LogP contribution >= 0.6 is 23.4 Å². The Morgan fingerprint density at radius 1 is 1.06 bits per heavy atom. The number of benzene rings is 2. The van der Waals surface area contributed by atoms with Crippen LogP contribution in [0.25, 0.3) is 11.1 Å². The molecule has 12 heteroatoms. The lowest BCUT2D eigenvalue weighted by molar-refractivity contribution is -0.387. The fraction of sp³-hybridized carbons (Fsp3) is 0. The van der Waals surface area contributed by atoms with Gasteiger partial charge in [0.2, 0.25) is 0 Å². The summed E-state index contributed by atoms with van der Waals surface area (Å²) in [5.74, 6) is -3.88. The SMILES string of the molecule is Nc1[nH]c(=O)c(C(=O)O)c(-c2ccc(Sc3ccc(Cl)cc3)c([N+](=O)[O-])c2)c1C(=O)O. The van der Waals surface area contributed by atoms with E-state index in [1.807, 2.05) is 4.98 Å². The maximum atomic E-state index is 12.1. The Bertz CT molecular complexity index is 1290. The van der Waals surface area contributed by atoms with E-state index in [9.17, 15) is 34.7 Å². The minimum Gasteiger partial charge on any atom is -0.478 e. The number of rotatable bonds is 6. The Morgan fingerprint density at radius 3 is 2.23 bits per heavy atom. The lowest BCUT2D eigenvalue weighted by Crippen LogP contribution is -2.24. The highest BCUT2D eigenvalue weighted by Crippen LogP contribution is 2.39. The lowest BCUT2D eigenvalue weighted by Gasteiger charge is -2.13. The molecule has 0 aliphatic heterocycles. The summed E-state index contributed by atoms with van der Waals surface area (Å²) in [7, 11) is 0. The molecule has 1 heterocycles. The second-order valence-corrected chi connectivity index (χ2v) is 7.65. The summed E-state index contributed by atoms with van der Waals surface area (Å²) in [6, 6.07) is 10.2. The van der Waals surface area contributed by atoms with Gasteiger partial charge in [0.1, 0.15) is 16.9 Å². The maximum absolute atomic E-state index is 12.1. The minimum absolute atomic E-state index is 0.153. The van der Waals surface area contributed by atoms with Gasteiger partial charge in [-0.15, -0.1) is 0 Å². The van der Waals surface area contributed by atoms with Crippen molar-refractivity contribution < 1.29 is 24.7 Å². The summed E-state index contributed by atoms with van der Waals surface area (Å²) >= 11 is 6.90. The predicted molar refractivity (Wildman–Crippen MR) is 113 cm³/mol. The molecule has 158 valence electrons. The van der Waals surface area contributed by atoms with Crippen LogP contribution in [0.4, 0.5) is 11.5 Å². The van der Waals surface area contributed by atoms with Crippen LogP contribution in [0.3, 0.4) is 0 Å². The molecule has 1 aromatic heterocycles. The van der Waals surface area contributed by atoms with Crippen molar-refractivity contribution in [1.29, 1.82) is 0 Å². The number of carboxylic acid groups (broad SMARTS) is 2. The maximum Gasteiger partial charge on any atom is 0.342 e. The summed E-state index contributed by atoms with van der Waals surface area (Å²) in [4.78, 5) is 49.3. The van der Waals surface area contributed by atoms with E-state index in [2.05, 4.69) is 0 Å². The molecule has 10 nitrogen and oxygen atoms in total. The summed E-state index contributed by atoms with van der Waals surface area (Å²) in [6.07, 6.45) is 0. The molecule has 0 fully saturated rings. The van der Waals surface area contributed by atoms with Crippen molar-refractivity contribution in [1.82, 2.24) is 4.98 Å². The molecule has 0 aliphatic rings. The third-order valence-electron chi connectivity index (χ3n) is 4.16. The number of aromatic carboxylic acids is 2. The summed E-state index contributed by atoms with van der Waals surface area (Å²) in [5, 5.41) is 31.1. The largest absolute Gasteiger partial charge is 0.478 e. The third-order valence-corrected chi connectivity index (χ3v) is 5.48. The number of halogens is 1. The topological polar surface area (TPSA) is 177 Å². The predicted octanol–water partition coefficient (Wildman–Crippen LogP) is 3.73. The Labute approximate surface area is 182 Å². The van der Waals surface area contributed by atoms with Crippen LogP contribution in [-0.2, 0) is 0 Å². The average molecular weight is 462 g/mol. The molecule has 3 aromatic rings. The van der Waals surface area contributed by atoms with E-state index in [1.165, 1.54) is 12.1 Å². The van der Waals surface area contributed by atoms with Gasteiger partial charge >= 0.3 is 11.9 Å². The number of nitro benzene ring substituents is 1. The zero-order valence-electron chi connectivity index (χ0n) is 15.3. The molecule has 3 rings (SSSR count). The molecular weight excluding hydrogens is 450 g/mol. The fourth-order valence-electron chi connectivity index (χ4n) is 2.87. The number of carbonyl (C=O) groups is 2. The molecule has 0 atom stereocenters. The van der Waals surface area contributed by atoms with Gasteiger partial charge in [-0.3, -0.25) is 14.9 Å². The third kappa shape index (κ3) is 4.37. The Hall–Kier alpha value is -3.83. The number of nitrogen functional groups attached to an aromatic ring is 1. The number of nitro groups is 1. The van der Waals surface area contributed by atoms with Gasteiger partial charge in [0, 0.05) is 21.5 Å². The Morgan fingerprint density at radius 2 is 1.68 bits per heavy atom. The lowest BCUT2D eigenvalue weighted by atomic mass is 9.95. The first-order chi connectivity index (χ1) is 14.6. The fourth-order valence-corrected chi connectivity index (χ4v) is 3.89. The zero-order chi connectivity index (χ0) is 22.9. The van der Waals surface area contributed by atoms with Crippen molar-refractivity contribution in [3.63, 3.8) is 0 Å². The van der Waals surface area contributed by atoms with Gasteiger partial charge in [0.25, 0.3) is 11.2 Å². The number of nitrogens with two attached hydrogens (primary N) is 1. The first-order valence-corrected chi connectivity index (χ1v) is 9.54. The highest BCUT2D eigenvalue weighted by Gasteiger charge is 2.28. The quantitative estimate of drug-likeness (QED) is 0.314. The molecule has 0 amide bonds. The molecule has 31 heavy (non-hydrogen) atoms. The Kier molecular flexibility index (Phi) is 5.99. The zero-order valence-corrected chi connectivity index (χ0v) is 16.9. The van der Waals surface area contributed by atoms with E-state index in [0.717, 1.165) is 17.8 Å². The minimum atomic E-state index is -1.71. The number of aromatic amines is 1. The number of aromatic nitrogens is 1. The van der Waals surface area contributed by atoms with Gasteiger partial charge in [0.15, 0.2) is 0 Å². The molecule has 0 aliphatic carbocycles. The second kappa shape index (κ2) is 8.50. The van der Waals surface area contributed by atoms with Crippen LogP contribution < -0.4 is 11.3 Å². The average Bonchev–Trinajstić information content (AvgIpc) is 2.68.